The van der Waals surface area contributed by atoms with Gasteiger partial charge in [-0.25, -0.2) is 0 Å². The molecule has 112 valence electrons. The molecule has 0 bridgehead atoms. The van der Waals surface area contributed by atoms with Crippen molar-refractivity contribution in [2.45, 2.75) is 13.0 Å². The van der Waals surface area contributed by atoms with Crippen molar-refractivity contribution in [1.82, 2.24) is 0 Å². The van der Waals surface area contributed by atoms with Crippen LogP contribution in [0.5, 0.6) is 17.2 Å². The topological polar surface area (TPSA) is 38.7 Å². The van der Waals surface area contributed by atoms with Crippen LogP contribution in [0.2, 0.25) is 10.0 Å². The van der Waals surface area contributed by atoms with E-state index in [4.69, 9.17) is 32.7 Å². The lowest BCUT2D eigenvalue weighted by molar-refractivity contribution is 0.190. The van der Waals surface area contributed by atoms with Crippen LogP contribution in [0, 0.1) is 0 Å². The van der Waals surface area contributed by atoms with Gasteiger partial charge < -0.3 is 14.6 Å². The van der Waals surface area contributed by atoms with Crippen molar-refractivity contribution in [3.8, 4) is 17.2 Å². The first kappa shape index (κ1) is 16.4. The molecule has 0 aliphatic rings. The van der Waals surface area contributed by atoms with Gasteiger partial charge in [0.2, 0.25) is 0 Å². The highest BCUT2D eigenvalue weighted by Crippen LogP contribution is 2.40. The number of methoxy groups -OCH3 is 1. The summed E-state index contributed by atoms with van der Waals surface area (Å²) in [4.78, 5) is 0. The van der Waals surface area contributed by atoms with Crippen LogP contribution < -0.4 is 9.47 Å². The molecule has 6 heteroatoms. The van der Waals surface area contributed by atoms with Crippen LogP contribution in [0.15, 0.2) is 34.8 Å². The molecule has 0 aromatic heterocycles. The Balaban J connectivity index is 2.47. The van der Waals surface area contributed by atoms with Gasteiger partial charge in [0.05, 0.1) is 28.8 Å². The van der Waals surface area contributed by atoms with Gasteiger partial charge in [0.15, 0.2) is 0 Å². The van der Waals surface area contributed by atoms with Gasteiger partial charge in [0.1, 0.15) is 17.2 Å². The molecule has 0 fully saturated rings. The molecule has 0 saturated heterocycles. The molecule has 21 heavy (non-hydrogen) atoms. The Labute approximate surface area is 141 Å². The minimum Gasteiger partial charge on any atom is -0.496 e. The molecule has 0 aliphatic carbocycles. The second-order valence-corrected chi connectivity index (χ2v) is 6.02. The summed E-state index contributed by atoms with van der Waals surface area (Å²) < 4.78 is 11.7. The van der Waals surface area contributed by atoms with Crippen molar-refractivity contribution >= 4 is 39.1 Å². The van der Waals surface area contributed by atoms with Gasteiger partial charge in [-0.1, -0.05) is 29.3 Å². The number of aliphatic hydroxyl groups is 1. The van der Waals surface area contributed by atoms with Gasteiger partial charge >= 0.3 is 0 Å². The normalized spacial score (nSPS) is 12.1. The number of hydrogen-bond donors (Lipinski definition) is 1. The Kier molecular flexibility index (Phi) is 5.38. The third-order valence-electron chi connectivity index (χ3n) is 2.86. The number of benzene rings is 2. The molecule has 0 amide bonds. The zero-order valence-electron chi connectivity index (χ0n) is 11.4. The fraction of sp³-hybridized carbons (Fsp3) is 0.200. The lowest BCUT2D eigenvalue weighted by atomic mass is 10.1. The molecule has 0 saturated carbocycles. The van der Waals surface area contributed by atoms with Gasteiger partial charge in [-0.05, 0) is 41.1 Å². The van der Waals surface area contributed by atoms with E-state index in [9.17, 15) is 5.11 Å². The predicted molar refractivity (Wildman–Crippen MR) is 87.9 cm³/mol. The first-order chi connectivity index (χ1) is 9.93. The van der Waals surface area contributed by atoms with E-state index in [0.717, 1.165) is 0 Å². The van der Waals surface area contributed by atoms with Crippen molar-refractivity contribution < 1.29 is 14.6 Å². The molecule has 2 rings (SSSR count). The molecular formula is C15H13BrCl2O3. The standard InChI is InChI=1S/C15H13BrCl2O3/c1-8(19)15-12(20-2)4-3-5-13(15)21-14-7-10(17)9(16)6-11(14)18/h3-8,19H,1-2H3. The van der Waals surface area contributed by atoms with Crippen LogP contribution in [0.25, 0.3) is 0 Å². The number of ether oxygens (including phenoxy) is 2. The van der Waals surface area contributed by atoms with E-state index in [2.05, 4.69) is 15.9 Å². The molecule has 2 aromatic carbocycles. The highest BCUT2D eigenvalue weighted by molar-refractivity contribution is 9.10. The molecule has 0 aliphatic heterocycles. The molecule has 1 atom stereocenters. The summed E-state index contributed by atoms with van der Waals surface area (Å²) >= 11 is 15.5. The quantitative estimate of drug-likeness (QED) is 0.688. The maximum atomic E-state index is 9.94. The summed E-state index contributed by atoms with van der Waals surface area (Å²) in [6.45, 7) is 1.64. The van der Waals surface area contributed by atoms with Crippen LogP contribution in [-0.2, 0) is 0 Å². The van der Waals surface area contributed by atoms with Gasteiger partial charge in [0, 0.05) is 10.5 Å². The minimum absolute atomic E-state index is 0.403. The van der Waals surface area contributed by atoms with Crippen molar-refractivity contribution in [1.29, 1.82) is 0 Å². The maximum absolute atomic E-state index is 9.94. The van der Waals surface area contributed by atoms with Crippen LogP contribution in [-0.4, -0.2) is 12.2 Å². The maximum Gasteiger partial charge on any atom is 0.147 e. The van der Waals surface area contributed by atoms with E-state index in [1.165, 1.54) is 7.11 Å². The zero-order valence-corrected chi connectivity index (χ0v) is 14.5. The van der Waals surface area contributed by atoms with Gasteiger partial charge in [-0.2, -0.15) is 0 Å². The smallest absolute Gasteiger partial charge is 0.147 e. The third-order valence-corrected chi connectivity index (χ3v) is 4.35. The predicted octanol–water partition coefficient (Wildman–Crippen LogP) is 5.61. The van der Waals surface area contributed by atoms with Crippen molar-refractivity contribution in [2.24, 2.45) is 0 Å². The van der Waals surface area contributed by atoms with Crippen LogP contribution in [0.4, 0.5) is 0 Å². The molecule has 0 radical (unpaired) electrons. The van der Waals surface area contributed by atoms with E-state index in [0.29, 0.717) is 37.3 Å². The summed E-state index contributed by atoms with van der Waals surface area (Å²) in [6, 6.07) is 8.52. The summed E-state index contributed by atoms with van der Waals surface area (Å²) in [6.07, 6.45) is -0.749. The fourth-order valence-corrected chi connectivity index (χ4v) is 2.73. The molecule has 0 heterocycles. The van der Waals surface area contributed by atoms with Crippen LogP contribution in [0.3, 0.4) is 0 Å². The Bertz CT molecular complexity index is 660. The van der Waals surface area contributed by atoms with E-state index < -0.39 is 6.10 Å². The average Bonchev–Trinajstić information content (AvgIpc) is 2.44. The molecular weight excluding hydrogens is 379 g/mol. The van der Waals surface area contributed by atoms with Crippen molar-refractivity contribution in [3.63, 3.8) is 0 Å². The summed E-state index contributed by atoms with van der Waals surface area (Å²) in [5, 5.41) is 10.8. The van der Waals surface area contributed by atoms with E-state index in [1.54, 1.807) is 37.3 Å². The van der Waals surface area contributed by atoms with Crippen LogP contribution in [0.1, 0.15) is 18.6 Å². The highest BCUT2D eigenvalue weighted by Gasteiger charge is 2.17. The van der Waals surface area contributed by atoms with E-state index in [-0.39, 0.29) is 0 Å². The lowest BCUT2D eigenvalue weighted by Gasteiger charge is -2.17. The van der Waals surface area contributed by atoms with E-state index in [1.807, 2.05) is 0 Å². The minimum atomic E-state index is -0.749. The second kappa shape index (κ2) is 6.88. The average molecular weight is 392 g/mol. The Morgan fingerprint density at radius 1 is 1.10 bits per heavy atom. The van der Waals surface area contributed by atoms with Gasteiger partial charge in [0.25, 0.3) is 0 Å². The first-order valence-electron chi connectivity index (χ1n) is 6.11. The van der Waals surface area contributed by atoms with E-state index >= 15 is 0 Å². The Morgan fingerprint density at radius 2 is 1.76 bits per heavy atom. The molecule has 0 spiro atoms. The fourth-order valence-electron chi connectivity index (χ4n) is 1.90. The SMILES string of the molecule is COc1cccc(Oc2cc(Cl)c(Br)cc2Cl)c1C(C)O. The number of hydrogen-bond acceptors (Lipinski definition) is 3. The highest BCUT2D eigenvalue weighted by atomic mass is 79.9. The number of halogens is 3. The summed E-state index contributed by atoms with van der Waals surface area (Å²) in [7, 11) is 1.54. The zero-order chi connectivity index (χ0) is 15.6. The third kappa shape index (κ3) is 3.64. The summed E-state index contributed by atoms with van der Waals surface area (Å²) in [5.74, 6) is 1.41. The van der Waals surface area contributed by atoms with Crippen molar-refractivity contribution in [2.75, 3.05) is 7.11 Å². The molecule has 1 N–H and O–H groups in total. The number of rotatable bonds is 4. The molecule has 1 unspecified atom stereocenters. The van der Waals surface area contributed by atoms with Gasteiger partial charge in [-0.3, -0.25) is 0 Å². The largest absolute Gasteiger partial charge is 0.496 e. The number of aliphatic hydroxyl groups excluding tert-OH is 1. The monoisotopic (exact) mass is 390 g/mol. The molecule has 2 aromatic rings. The Hall–Kier alpha value is -0.940. The second-order valence-electron chi connectivity index (χ2n) is 4.35. The first-order valence-corrected chi connectivity index (χ1v) is 7.66. The van der Waals surface area contributed by atoms with Crippen molar-refractivity contribution in [3.05, 3.63) is 50.4 Å². The van der Waals surface area contributed by atoms with Gasteiger partial charge in [-0.15, -0.1) is 0 Å². The summed E-state index contributed by atoms with van der Waals surface area (Å²) in [5.41, 5.74) is 0.551. The Morgan fingerprint density at radius 3 is 2.38 bits per heavy atom. The van der Waals surface area contributed by atoms with Crippen LogP contribution >= 0.6 is 39.1 Å². The lowest BCUT2D eigenvalue weighted by Crippen LogP contribution is -2.00. The molecule has 3 nitrogen and oxygen atoms in total.